The molecule has 0 saturated heterocycles. The molecule has 1 amide bonds. The molecule has 0 aliphatic rings. The Balaban J connectivity index is 1.83. The summed E-state index contributed by atoms with van der Waals surface area (Å²) in [6.07, 6.45) is 0.928. The van der Waals surface area contributed by atoms with E-state index in [1.165, 1.54) is 27.6 Å². The topological polar surface area (TPSA) is 66.1 Å². The van der Waals surface area contributed by atoms with E-state index in [2.05, 4.69) is 16.9 Å². The Hall–Kier alpha value is -1.99. The number of H-pyrrole nitrogens is 1. The molecule has 1 N–H and O–H groups in total. The van der Waals surface area contributed by atoms with Crippen molar-refractivity contribution in [1.29, 1.82) is 0 Å². The highest BCUT2D eigenvalue weighted by Crippen LogP contribution is 2.23. The summed E-state index contributed by atoms with van der Waals surface area (Å²) in [6.45, 7) is 4.38. The molecule has 5 nitrogen and oxygen atoms in total. The van der Waals surface area contributed by atoms with Crippen LogP contribution in [0.3, 0.4) is 0 Å². The standard InChI is InChI=1S/C16H17N3O2S2/c1-4-11-9(2)7-12(23-11)16(21)19(3)8-13-17-10-5-6-22-14(10)15(20)18-13/h5-7H,4,8H2,1-3H3,(H,17,18,20). The average molecular weight is 347 g/mol. The fourth-order valence-electron chi connectivity index (χ4n) is 2.46. The van der Waals surface area contributed by atoms with Gasteiger partial charge in [0.25, 0.3) is 11.5 Å². The lowest BCUT2D eigenvalue weighted by Gasteiger charge is -2.15. The molecule has 3 aromatic heterocycles. The third-order valence-corrected chi connectivity index (χ3v) is 5.92. The summed E-state index contributed by atoms with van der Waals surface area (Å²) in [5.74, 6) is 0.451. The van der Waals surface area contributed by atoms with Crippen LogP contribution in [0.15, 0.2) is 22.3 Å². The minimum absolute atomic E-state index is 0.0501. The normalized spacial score (nSPS) is 11.1. The summed E-state index contributed by atoms with van der Waals surface area (Å²) in [6, 6.07) is 3.75. The lowest BCUT2D eigenvalue weighted by molar-refractivity contribution is 0.0786. The van der Waals surface area contributed by atoms with Gasteiger partial charge in [0.1, 0.15) is 10.5 Å². The van der Waals surface area contributed by atoms with Crippen molar-refractivity contribution in [3.05, 3.63) is 49.0 Å². The molecule has 0 aliphatic heterocycles. The van der Waals surface area contributed by atoms with E-state index in [1.807, 2.05) is 24.4 Å². The number of carbonyl (C=O) groups excluding carboxylic acids is 1. The molecule has 0 radical (unpaired) electrons. The van der Waals surface area contributed by atoms with Gasteiger partial charge in [-0.2, -0.15) is 0 Å². The number of aromatic nitrogens is 2. The zero-order chi connectivity index (χ0) is 16.6. The number of thiophene rings is 2. The van der Waals surface area contributed by atoms with Crippen molar-refractivity contribution in [3.8, 4) is 0 Å². The van der Waals surface area contributed by atoms with Crippen LogP contribution < -0.4 is 5.56 Å². The smallest absolute Gasteiger partial charge is 0.268 e. The summed E-state index contributed by atoms with van der Waals surface area (Å²) < 4.78 is 0.615. The number of fused-ring (bicyclic) bond motifs is 1. The molecule has 23 heavy (non-hydrogen) atoms. The number of hydrogen-bond acceptors (Lipinski definition) is 5. The maximum absolute atomic E-state index is 12.5. The maximum atomic E-state index is 12.5. The minimum Gasteiger partial charge on any atom is -0.334 e. The van der Waals surface area contributed by atoms with Crippen molar-refractivity contribution in [3.63, 3.8) is 0 Å². The molecule has 3 heterocycles. The van der Waals surface area contributed by atoms with Crippen molar-refractivity contribution in [1.82, 2.24) is 14.9 Å². The monoisotopic (exact) mass is 347 g/mol. The Labute approximate surface area is 141 Å². The number of nitrogens with zero attached hydrogens (tertiary/aromatic N) is 2. The summed E-state index contributed by atoms with van der Waals surface area (Å²) in [7, 11) is 1.72. The van der Waals surface area contributed by atoms with Crippen molar-refractivity contribution in [2.75, 3.05) is 7.05 Å². The second kappa shape index (κ2) is 6.25. The Kier molecular flexibility index (Phi) is 4.32. The molecule has 0 atom stereocenters. The van der Waals surface area contributed by atoms with E-state index in [9.17, 15) is 9.59 Å². The first kappa shape index (κ1) is 15.9. The molecule has 0 bridgehead atoms. The average Bonchev–Trinajstić information content (AvgIpc) is 3.12. The molecule has 3 rings (SSSR count). The van der Waals surface area contributed by atoms with Crippen molar-refractivity contribution in [2.24, 2.45) is 0 Å². The predicted molar refractivity (Wildman–Crippen MR) is 94.5 cm³/mol. The van der Waals surface area contributed by atoms with Gasteiger partial charge < -0.3 is 9.88 Å². The van der Waals surface area contributed by atoms with E-state index in [0.29, 0.717) is 16.0 Å². The van der Waals surface area contributed by atoms with Crippen LogP contribution in [0, 0.1) is 6.92 Å². The SMILES string of the molecule is CCc1sc(C(=O)N(C)Cc2nc3ccsc3c(=O)[nH]2)cc1C. The van der Waals surface area contributed by atoms with Gasteiger partial charge in [0.2, 0.25) is 0 Å². The summed E-state index contributed by atoms with van der Waals surface area (Å²) in [4.78, 5) is 35.2. The molecule has 120 valence electrons. The number of amides is 1. The number of aromatic amines is 1. The van der Waals surface area contributed by atoms with Gasteiger partial charge in [-0.15, -0.1) is 22.7 Å². The fraction of sp³-hybridized carbons (Fsp3) is 0.312. The minimum atomic E-state index is -0.152. The van der Waals surface area contributed by atoms with Crippen LogP contribution in [0.25, 0.3) is 10.2 Å². The molecule has 0 aromatic carbocycles. The Bertz CT molecular complexity index is 923. The van der Waals surface area contributed by atoms with Crippen molar-refractivity contribution in [2.45, 2.75) is 26.8 Å². The number of rotatable bonds is 4. The number of aryl methyl sites for hydroxylation is 2. The maximum Gasteiger partial charge on any atom is 0.268 e. The van der Waals surface area contributed by atoms with Gasteiger partial charge >= 0.3 is 0 Å². The Morgan fingerprint density at radius 1 is 1.43 bits per heavy atom. The highest BCUT2D eigenvalue weighted by atomic mass is 32.1. The number of carbonyl (C=O) groups is 1. The van der Waals surface area contributed by atoms with Gasteiger partial charge in [-0.3, -0.25) is 9.59 Å². The van der Waals surface area contributed by atoms with E-state index in [0.717, 1.165) is 16.9 Å². The van der Waals surface area contributed by atoms with Gasteiger partial charge in [-0.25, -0.2) is 4.98 Å². The van der Waals surface area contributed by atoms with Gasteiger partial charge in [0.05, 0.1) is 16.9 Å². The van der Waals surface area contributed by atoms with E-state index < -0.39 is 0 Å². The van der Waals surface area contributed by atoms with E-state index in [1.54, 1.807) is 11.9 Å². The Morgan fingerprint density at radius 3 is 2.91 bits per heavy atom. The highest BCUT2D eigenvalue weighted by molar-refractivity contribution is 7.17. The molecular formula is C16H17N3O2S2. The van der Waals surface area contributed by atoms with Crippen LogP contribution in [0.5, 0.6) is 0 Å². The fourth-order valence-corrected chi connectivity index (χ4v) is 4.29. The Morgan fingerprint density at radius 2 is 2.22 bits per heavy atom. The molecule has 0 aliphatic carbocycles. The summed E-state index contributed by atoms with van der Waals surface area (Å²) in [5, 5.41) is 1.84. The van der Waals surface area contributed by atoms with Gasteiger partial charge in [-0.1, -0.05) is 6.92 Å². The van der Waals surface area contributed by atoms with Gasteiger partial charge in [-0.05, 0) is 36.4 Å². The predicted octanol–water partition coefficient (Wildman–Crippen LogP) is 3.19. The molecule has 7 heteroatoms. The van der Waals surface area contributed by atoms with E-state index in [-0.39, 0.29) is 18.0 Å². The first-order valence-corrected chi connectivity index (χ1v) is 9.00. The van der Waals surface area contributed by atoms with Gasteiger partial charge in [0, 0.05) is 11.9 Å². The first-order chi connectivity index (χ1) is 11.0. The second-order valence-corrected chi connectivity index (χ2v) is 7.43. The van der Waals surface area contributed by atoms with Crippen molar-refractivity contribution >= 4 is 38.8 Å². The summed E-state index contributed by atoms with van der Waals surface area (Å²) in [5.41, 5.74) is 1.68. The van der Waals surface area contributed by atoms with E-state index >= 15 is 0 Å². The lowest BCUT2D eigenvalue weighted by Crippen LogP contribution is -2.27. The molecule has 0 unspecified atom stereocenters. The molecular weight excluding hydrogens is 330 g/mol. The third-order valence-electron chi connectivity index (χ3n) is 3.65. The quantitative estimate of drug-likeness (QED) is 0.788. The molecule has 0 spiro atoms. The first-order valence-electron chi connectivity index (χ1n) is 7.30. The number of hydrogen-bond donors (Lipinski definition) is 1. The summed E-state index contributed by atoms with van der Waals surface area (Å²) >= 11 is 2.90. The zero-order valence-corrected chi connectivity index (χ0v) is 14.8. The molecule has 0 saturated carbocycles. The largest absolute Gasteiger partial charge is 0.334 e. The number of nitrogens with one attached hydrogen (secondary N) is 1. The zero-order valence-electron chi connectivity index (χ0n) is 13.2. The molecule has 0 fully saturated rings. The van der Waals surface area contributed by atoms with Gasteiger partial charge in [0.15, 0.2) is 0 Å². The van der Waals surface area contributed by atoms with Crippen LogP contribution in [-0.4, -0.2) is 27.8 Å². The third kappa shape index (κ3) is 3.07. The molecule has 3 aromatic rings. The lowest BCUT2D eigenvalue weighted by atomic mass is 10.2. The van der Waals surface area contributed by atoms with Crippen LogP contribution in [-0.2, 0) is 13.0 Å². The second-order valence-electron chi connectivity index (χ2n) is 5.38. The van der Waals surface area contributed by atoms with Crippen LogP contribution in [0.1, 0.15) is 32.9 Å². The highest BCUT2D eigenvalue weighted by Gasteiger charge is 2.17. The van der Waals surface area contributed by atoms with Crippen LogP contribution in [0.2, 0.25) is 0 Å². The van der Waals surface area contributed by atoms with E-state index in [4.69, 9.17) is 0 Å². The van der Waals surface area contributed by atoms with Crippen molar-refractivity contribution < 1.29 is 4.79 Å². The van der Waals surface area contributed by atoms with Crippen LogP contribution in [0.4, 0.5) is 0 Å². The van der Waals surface area contributed by atoms with Crippen LogP contribution >= 0.6 is 22.7 Å².